The van der Waals surface area contributed by atoms with Crippen LogP contribution in [-0.4, -0.2) is 51.0 Å². The van der Waals surface area contributed by atoms with Crippen LogP contribution in [0, 0.1) is 10.8 Å². The number of allylic oxidation sites excluding steroid dienone is 16. The van der Waals surface area contributed by atoms with E-state index in [4.69, 9.17) is 9.47 Å². The predicted octanol–water partition coefficient (Wildman–Crippen LogP) is 13.9. The van der Waals surface area contributed by atoms with Crippen LogP contribution in [0.15, 0.2) is 113 Å². The van der Waals surface area contributed by atoms with Gasteiger partial charge in [0.15, 0.2) is 5.78 Å². The van der Waals surface area contributed by atoms with E-state index in [1.165, 1.54) is 44.9 Å². The van der Waals surface area contributed by atoms with Gasteiger partial charge in [-0.1, -0.05) is 157 Å². The minimum atomic E-state index is -1.07. The van der Waals surface area contributed by atoms with Crippen molar-refractivity contribution >= 4 is 11.8 Å². The maximum Gasteiger partial charge on any atom is 0.306 e. The number of carbonyl (C=O) groups is 2. The van der Waals surface area contributed by atoms with E-state index in [9.17, 15) is 19.8 Å². The normalized spacial score (nSPS) is 27.9. The number of hydrogen-bond donors (Lipinski definition) is 2. The highest BCUT2D eigenvalue weighted by Gasteiger charge is 2.76. The second-order valence-electron chi connectivity index (χ2n) is 20.4. The Morgan fingerprint density at radius 1 is 0.726 bits per heavy atom. The van der Waals surface area contributed by atoms with E-state index >= 15 is 0 Å². The second kappa shape index (κ2) is 24.5. The number of fused-ring (bicyclic) bond motifs is 1. The summed E-state index contributed by atoms with van der Waals surface area (Å²) in [5.74, 6) is -0.0354. The van der Waals surface area contributed by atoms with Gasteiger partial charge in [0, 0.05) is 36.7 Å². The van der Waals surface area contributed by atoms with E-state index in [1.807, 2.05) is 108 Å². The van der Waals surface area contributed by atoms with Gasteiger partial charge in [0.2, 0.25) is 0 Å². The van der Waals surface area contributed by atoms with Crippen molar-refractivity contribution in [2.75, 3.05) is 0 Å². The molecule has 0 aromatic rings. The molecule has 1 heterocycles. The highest BCUT2D eigenvalue weighted by molar-refractivity contribution is 5.96. The number of ether oxygens (including phenoxy) is 2. The van der Waals surface area contributed by atoms with Gasteiger partial charge in [-0.25, -0.2) is 0 Å². The monoisotopic (exact) mass is 853 g/mol. The average molecular weight is 853 g/mol. The number of epoxide rings is 1. The molecule has 0 spiro atoms. The Morgan fingerprint density at radius 3 is 1.89 bits per heavy atom. The van der Waals surface area contributed by atoms with Gasteiger partial charge in [-0.05, 0) is 109 Å². The Kier molecular flexibility index (Phi) is 20.9. The van der Waals surface area contributed by atoms with Gasteiger partial charge < -0.3 is 19.7 Å². The highest BCUT2D eigenvalue weighted by atomic mass is 16.6. The van der Waals surface area contributed by atoms with Crippen molar-refractivity contribution in [1.29, 1.82) is 0 Å². The van der Waals surface area contributed by atoms with E-state index in [0.717, 1.165) is 48.0 Å². The van der Waals surface area contributed by atoms with Crippen molar-refractivity contribution in [3.8, 4) is 0 Å². The molecule has 0 aromatic heterocycles. The van der Waals surface area contributed by atoms with Gasteiger partial charge in [-0.3, -0.25) is 9.59 Å². The maximum atomic E-state index is 13.5. The van der Waals surface area contributed by atoms with Crippen molar-refractivity contribution in [2.24, 2.45) is 10.8 Å². The minimum Gasteiger partial charge on any atom is -0.462 e. The lowest BCUT2D eigenvalue weighted by Gasteiger charge is -2.43. The summed E-state index contributed by atoms with van der Waals surface area (Å²) in [6.45, 7) is 22.4. The van der Waals surface area contributed by atoms with E-state index in [1.54, 1.807) is 6.92 Å². The zero-order valence-corrected chi connectivity index (χ0v) is 40.7. The van der Waals surface area contributed by atoms with Crippen LogP contribution in [0.4, 0.5) is 0 Å². The average Bonchev–Trinajstić information content (AvgIpc) is 3.78. The number of carbonyl (C=O) groups excluding carboxylic acids is 2. The lowest BCUT2D eigenvalue weighted by atomic mass is 9.61. The quantitative estimate of drug-likeness (QED) is 0.0191. The van der Waals surface area contributed by atoms with Crippen molar-refractivity contribution in [1.82, 2.24) is 0 Å². The first-order valence-electron chi connectivity index (χ1n) is 23.8. The zero-order chi connectivity index (χ0) is 46.0. The summed E-state index contributed by atoms with van der Waals surface area (Å²) in [7, 11) is 0. The molecule has 2 saturated carbocycles. The number of unbranched alkanes of at least 4 members (excludes halogenated alkanes) is 9. The number of esters is 1. The molecule has 6 nitrogen and oxygen atoms in total. The summed E-state index contributed by atoms with van der Waals surface area (Å²) in [5.41, 5.74) is 5.27. The fourth-order valence-electron chi connectivity index (χ4n) is 9.76. The number of rotatable bonds is 24. The van der Waals surface area contributed by atoms with Crippen LogP contribution in [0.1, 0.15) is 185 Å². The van der Waals surface area contributed by atoms with Crippen LogP contribution < -0.4 is 0 Å². The molecular weight excluding hydrogens is 769 g/mol. The third-order valence-corrected chi connectivity index (χ3v) is 13.2. The Bertz CT molecular complexity index is 1790. The van der Waals surface area contributed by atoms with Crippen LogP contribution in [0.3, 0.4) is 0 Å². The van der Waals surface area contributed by atoms with Gasteiger partial charge >= 0.3 is 5.97 Å². The molecule has 1 saturated heterocycles. The number of Topliss-reactive ketones (excluding diaryl/α,β-unsaturated/α-hetero) is 1. The lowest BCUT2D eigenvalue weighted by Crippen LogP contribution is -2.49. The van der Waals surface area contributed by atoms with E-state index in [-0.39, 0.29) is 28.7 Å². The van der Waals surface area contributed by atoms with Gasteiger partial charge in [-0.2, -0.15) is 0 Å². The number of hydrogen-bond acceptors (Lipinski definition) is 6. The molecule has 0 bridgehead atoms. The summed E-state index contributed by atoms with van der Waals surface area (Å²) in [6.07, 6.45) is 42.0. The van der Waals surface area contributed by atoms with Crippen LogP contribution in [0.5, 0.6) is 0 Å². The molecular formula is C56H84O6. The molecule has 0 unspecified atom stereocenters. The van der Waals surface area contributed by atoms with Crippen LogP contribution in [0.25, 0.3) is 0 Å². The SMILES string of the molecule is CCCCCC/C=C/CCCCCCCC(=O)O[C@H]1CC(C)(C)[C@]2(CC(=O)/C(C)=C/C=C/C(C)=C/C=C/C=C(C)/C=C/C=C(\C)C=C=C3C(C)(C)C[C@H](O)C[C@@]3(C)O)O[C@]2(C)C1. The highest BCUT2D eigenvalue weighted by Crippen LogP contribution is 2.67. The van der Waals surface area contributed by atoms with Crippen LogP contribution in [0.2, 0.25) is 0 Å². The minimum absolute atomic E-state index is 0.0793. The molecule has 2 N–H and O–H groups in total. The first-order chi connectivity index (χ1) is 29.2. The van der Waals surface area contributed by atoms with Crippen molar-refractivity contribution in [3.63, 3.8) is 0 Å². The van der Waals surface area contributed by atoms with E-state index in [0.29, 0.717) is 44.1 Å². The first kappa shape index (κ1) is 52.8. The summed E-state index contributed by atoms with van der Waals surface area (Å²) in [5, 5.41) is 21.1. The second-order valence-corrected chi connectivity index (χ2v) is 20.4. The first-order valence-corrected chi connectivity index (χ1v) is 23.8. The van der Waals surface area contributed by atoms with Gasteiger partial charge in [-0.15, -0.1) is 5.73 Å². The van der Waals surface area contributed by atoms with Gasteiger partial charge in [0.05, 0.1) is 17.3 Å². The van der Waals surface area contributed by atoms with Crippen LogP contribution in [-0.2, 0) is 19.1 Å². The van der Waals surface area contributed by atoms with Gasteiger partial charge in [0.25, 0.3) is 0 Å². The number of aliphatic hydroxyl groups is 2. The molecule has 2 aliphatic carbocycles. The Hall–Kier alpha value is -3.54. The smallest absolute Gasteiger partial charge is 0.306 e. The van der Waals surface area contributed by atoms with E-state index < -0.39 is 22.9 Å². The van der Waals surface area contributed by atoms with Crippen LogP contribution >= 0.6 is 0 Å². The van der Waals surface area contributed by atoms with Gasteiger partial charge in [0.1, 0.15) is 11.7 Å². The summed E-state index contributed by atoms with van der Waals surface area (Å²) in [6, 6.07) is 0. The fourth-order valence-corrected chi connectivity index (χ4v) is 9.76. The fraction of sp³-hybridized carbons (Fsp3) is 0.625. The standard InChI is InChI=1S/C56H84O6/c1-12-13-14-15-16-17-18-19-20-21-22-23-24-35-51(59)61-48-40-53(8,9)56(55(11,41-48)62-56)42-49(58)46(5)34-28-33-44(3)30-26-25-29-43(2)31-27-32-45(4)36-37-50-52(6,7)38-47(57)39-54(50,10)60/h17-18,25-34,36,47-48,57,60H,12-16,19-24,35,38-42H2,1-11H3/b18-17+,26-25+,31-27+,33-28+,43-29+,44-30+,45-32+,46-34+/t37?,47-,48-,54+,55+,56-/m0/s1. The molecule has 1 aliphatic heterocycles. The lowest BCUT2D eigenvalue weighted by molar-refractivity contribution is -0.153. The summed E-state index contributed by atoms with van der Waals surface area (Å²) < 4.78 is 12.5. The molecule has 3 rings (SSSR count). The Labute approximate surface area is 377 Å². The molecule has 3 fully saturated rings. The molecule has 3 aliphatic rings. The molecule has 0 amide bonds. The molecule has 0 aromatic carbocycles. The van der Waals surface area contributed by atoms with E-state index in [2.05, 4.69) is 45.6 Å². The Balaban J connectivity index is 1.41. The number of aliphatic hydroxyl groups excluding tert-OH is 1. The largest absolute Gasteiger partial charge is 0.462 e. The molecule has 5 atom stereocenters. The third-order valence-electron chi connectivity index (χ3n) is 13.2. The van der Waals surface area contributed by atoms with Crippen molar-refractivity contribution < 1.29 is 29.3 Å². The molecule has 344 valence electrons. The van der Waals surface area contributed by atoms with Crippen molar-refractivity contribution in [3.05, 3.63) is 113 Å². The third kappa shape index (κ3) is 16.5. The maximum absolute atomic E-state index is 13.5. The van der Waals surface area contributed by atoms with Crippen molar-refractivity contribution in [2.45, 2.75) is 214 Å². The summed E-state index contributed by atoms with van der Waals surface area (Å²) in [4.78, 5) is 26.3. The topological polar surface area (TPSA) is 96.4 Å². The number of ketones is 1. The molecule has 0 radical (unpaired) electrons. The zero-order valence-electron chi connectivity index (χ0n) is 40.7. The molecule has 62 heavy (non-hydrogen) atoms. The predicted molar refractivity (Wildman–Crippen MR) is 259 cm³/mol. The Morgan fingerprint density at radius 2 is 1.29 bits per heavy atom. The summed E-state index contributed by atoms with van der Waals surface area (Å²) >= 11 is 0. The molecule has 6 heteroatoms.